The van der Waals surface area contributed by atoms with Crippen LogP contribution in [-0.2, 0) is 41.8 Å². The summed E-state index contributed by atoms with van der Waals surface area (Å²) in [4.78, 5) is 16.0. The van der Waals surface area contributed by atoms with Gasteiger partial charge >= 0.3 is 6.09 Å². The molecule has 55 heavy (non-hydrogen) atoms. The van der Waals surface area contributed by atoms with Gasteiger partial charge < -0.3 is 33.2 Å². The molecule has 0 bridgehead atoms. The fourth-order valence-corrected chi connectivity index (χ4v) is 10.6. The summed E-state index contributed by atoms with van der Waals surface area (Å²) in [6, 6.07) is 21.4. The van der Waals surface area contributed by atoms with E-state index in [0.717, 1.165) is 43.2 Å². The van der Waals surface area contributed by atoms with Gasteiger partial charge in [-0.2, -0.15) is 5.26 Å². The van der Waals surface area contributed by atoms with Crippen molar-refractivity contribution in [2.24, 2.45) is 11.8 Å². The summed E-state index contributed by atoms with van der Waals surface area (Å²) in [7, 11) is -3.85. The van der Waals surface area contributed by atoms with E-state index in [4.69, 9.17) is 33.2 Å². The van der Waals surface area contributed by atoms with Crippen molar-refractivity contribution in [3.8, 4) is 23.3 Å². The predicted octanol–water partition coefficient (Wildman–Crippen LogP) is 5.69. The average molecular weight is 774 g/mol. The smallest absolute Gasteiger partial charge is 0.412 e. The average Bonchev–Trinajstić information content (AvgIpc) is 4.03. The van der Waals surface area contributed by atoms with E-state index < -0.39 is 45.3 Å². The molecule has 8 rings (SSSR count). The highest BCUT2D eigenvalue weighted by Crippen LogP contribution is 2.40. The highest BCUT2D eigenvalue weighted by atomic mass is 32.2. The van der Waals surface area contributed by atoms with Crippen LogP contribution in [0.25, 0.3) is 0 Å². The minimum atomic E-state index is -3.85. The molecule has 3 aromatic carbocycles. The summed E-state index contributed by atoms with van der Waals surface area (Å²) in [5.41, 5.74) is 1.32. The molecule has 14 heteroatoms. The van der Waals surface area contributed by atoms with E-state index in [1.54, 1.807) is 35.2 Å². The Hall–Kier alpha value is -4.39. The lowest BCUT2D eigenvalue weighted by Gasteiger charge is -2.34. The monoisotopic (exact) mass is 773 g/mol. The lowest BCUT2D eigenvalue weighted by atomic mass is 9.99. The first-order chi connectivity index (χ1) is 26.6. The Balaban J connectivity index is 1.03. The molecule has 1 N–H and O–H groups in total. The molecule has 5 aliphatic rings. The number of sulfone groups is 1. The van der Waals surface area contributed by atoms with Gasteiger partial charge in [-0.05, 0) is 93.0 Å². The molecule has 1 aliphatic carbocycles. The van der Waals surface area contributed by atoms with Crippen molar-refractivity contribution in [1.29, 1.82) is 5.26 Å². The second kappa shape index (κ2) is 15.6. The van der Waals surface area contributed by atoms with E-state index in [0.29, 0.717) is 42.4 Å². The van der Waals surface area contributed by atoms with Gasteiger partial charge in [-0.15, -0.1) is 0 Å². The van der Waals surface area contributed by atoms with Crippen molar-refractivity contribution in [1.82, 2.24) is 10.2 Å². The van der Waals surface area contributed by atoms with Crippen molar-refractivity contribution in [3.63, 3.8) is 0 Å². The van der Waals surface area contributed by atoms with Crippen LogP contribution in [-0.4, -0.2) is 81.6 Å². The lowest BCUT2D eigenvalue weighted by molar-refractivity contribution is -0.0911. The summed E-state index contributed by atoms with van der Waals surface area (Å²) in [5, 5.41) is 11.8. The largest absolute Gasteiger partial charge is 0.489 e. The van der Waals surface area contributed by atoms with Gasteiger partial charge in [0.1, 0.15) is 29.6 Å². The fourth-order valence-electron chi connectivity index (χ4n) is 8.64. The van der Waals surface area contributed by atoms with Crippen LogP contribution in [0.4, 0.5) is 4.79 Å². The van der Waals surface area contributed by atoms with Crippen molar-refractivity contribution >= 4 is 15.9 Å². The molecule has 1 unspecified atom stereocenters. The SMILES string of the molecule is CC1(C)O[C@H](CNC(C2CCCC2)S(=O)(=O)c2ccc3c(c2)OCO3)[C@H](Cc2ccc(OCc3cccc(C#N)c3)cc2)N1C(=O)O[C@H]1CO[C@H]2OCC[C@H]21. The first-order valence-electron chi connectivity index (χ1n) is 19.1. The van der Waals surface area contributed by atoms with E-state index >= 15 is 0 Å². The predicted molar refractivity (Wildman–Crippen MR) is 198 cm³/mol. The Morgan fingerprint density at radius 1 is 1.00 bits per heavy atom. The van der Waals surface area contributed by atoms with Crippen LogP contribution in [0.3, 0.4) is 0 Å². The van der Waals surface area contributed by atoms with Crippen LogP contribution in [0, 0.1) is 23.2 Å². The molecule has 3 saturated heterocycles. The number of ether oxygens (including phenoxy) is 7. The van der Waals surface area contributed by atoms with E-state index in [2.05, 4.69) is 11.4 Å². The molecule has 1 saturated carbocycles. The Bertz CT molecular complexity index is 2010. The van der Waals surface area contributed by atoms with Gasteiger partial charge in [0.15, 0.2) is 27.6 Å². The fraction of sp³-hybridized carbons (Fsp3) is 0.512. The highest BCUT2D eigenvalue weighted by Gasteiger charge is 2.53. The zero-order chi connectivity index (χ0) is 38.2. The molecule has 0 aromatic heterocycles. The second-order valence-electron chi connectivity index (χ2n) is 15.4. The Labute approximate surface area is 321 Å². The quantitative estimate of drug-likeness (QED) is 0.240. The number of hydrogen-bond acceptors (Lipinski definition) is 12. The number of hydrogen-bond donors (Lipinski definition) is 1. The number of amides is 1. The van der Waals surface area contributed by atoms with E-state index in [1.807, 2.05) is 50.2 Å². The van der Waals surface area contributed by atoms with Crippen LogP contribution < -0.4 is 19.5 Å². The number of carbonyl (C=O) groups excluding carboxylic acids is 1. The molecule has 13 nitrogen and oxygen atoms in total. The Kier molecular flexibility index (Phi) is 10.7. The lowest BCUT2D eigenvalue weighted by Crippen LogP contribution is -2.52. The Morgan fingerprint density at radius 2 is 1.80 bits per heavy atom. The van der Waals surface area contributed by atoms with Crippen LogP contribution in [0.2, 0.25) is 0 Å². The number of benzene rings is 3. The minimum absolute atomic E-state index is 0.0324. The minimum Gasteiger partial charge on any atom is -0.489 e. The number of carbonyl (C=O) groups is 1. The van der Waals surface area contributed by atoms with Crippen LogP contribution in [0.15, 0.2) is 71.6 Å². The Morgan fingerprint density at radius 3 is 2.60 bits per heavy atom. The summed E-state index contributed by atoms with van der Waals surface area (Å²) in [6.07, 6.45) is 2.73. The van der Waals surface area contributed by atoms with Gasteiger partial charge in [0.05, 0.1) is 47.8 Å². The second-order valence-corrected chi connectivity index (χ2v) is 17.4. The summed E-state index contributed by atoms with van der Waals surface area (Å²) < 4.78 is 69.9. The highest BCUT2D eigenvalue weighted by molar-refractivity contribution is 7.92. The maximum absolute atomic E-state index is 14.4. The third-order valence-electron chi connectivity index (χ3n) is 11.4. The summed E-state index contributed by atoms with van der Waals surface area (Å²) in [6.45, 7) is 5.03. The first kappa shape index (κ1) is 37.5. The molecule has 6 atom stereocenters. The van der Waals surface area contributed by atoms with E-state index in [-0.39, 0.29) is 43.0 Å². The third-order valence-corrected chi connectivity index (χ3v) is 13.5. The molecule has 0 radical (unpaired) electrons. The normalized spacial score (nSPS) is 26.1. The van der Waals surface area contributed by atoms with Gasteiger partial charge in [0.2, 0.25) is 6.79 Å². The molecule has 4 heterocycles. The number of rotatable bonds is 12. The van der Waals surface area contributed by atoms with Gasteiger partial charge in [0, 0.05) is 12.6 Å². The van der Waals surface area contributed by atoms with Crippen LogP contribution in [0.1, 0.15) is 62.6 Å². The molecule has 0 spiro atoms. The maximum atomic E-state index is 14.4. The van der Waals surface area contributed by atoms with Gasteiger partial charge in [-0.3, -0.25) is 10.2 Å². The molecule has 4 fully saturated rings. The summed E-state index contributed by atoms with van der Waals surface area (Å²) >= 11 is 0. The zero-order valence-electron chi connectivity index (χ0n) is 31.1. The molecule has 3 aromatic rings. The number of fused-ring (bicyclic) bond motifs is 2. The van der Waals surface area contributed by atoms with Crippen molar-refractivity contribution < 1.29 is 46.4 Å². The van der Waals surface area contributed by atoms with Gasteiger partial charge in [0.25, 0.3) is 0 Å². The molecular formula is C41H47N3O10S. The maximum Gasteiger partial charge on any atom is 0.412 e. The van der Waals surface area contributed by atoms with E-state index in [1.165, 1.54) is 0 Å². The first-order valence-corrected chi connectivity index (χ1v) is 20.6. The molecular weight excluding hydrogens is 727 g/mol. The van der Waals surface area contributed by atoms with Gasteiger partial charge in [-0.25, -0.2) is 13.2 Å². The number of nitrogens with zero attached hydrogens (tertiary/aromatic N) is 2. The summed E-state index contributed by atoms with van der Waals surface area (Å²) in [5.74, 6) is 1.46. The number of nitriles is 1. The number of nitrogens with one attached hydrogen (secondary N) is 1. The zero-order valence-corrected chi connectivity index (χ0v) is 31.9. The standard InChI is InChI=1S/C41H47N3O10S/c1-41(2)44(40(45)53-37-24-50-39-32(37)16-17-48-39)33(19-26-10-12-30(13-11-26)49-23-28-7-5-6-27(18-28)21-42)36(54-41)22-43-38(29-8-3-4-9-29)55(46,47)31-14-15-34-35(20-31)52-25-51-34/h5-7,10-15,18,20,29,32-33,36-39,43H,3-4,8-9,16-17,19,22-25H2,1-2H3/t32-,33-,36+,37-,38?,39+/m0/s1. The van der Waals surface area contributed by atoms with Crippen LogP contribution >= 0.6 is 0 Å². The van der Waals surface area contributed by atoms with Crippen molar-refractivity contribution in [2.45, 2.75) is 99.5 Å². The molecule has 1 amide bonds. The van der Waals surface area contributed by atoms with Crippen LogP contribution in [0.5, 0.6) is 17.2 Å². The van der Waals surface area contributed by atoms with Crippen molar-refractivity contribution in [3.05, 3.63) is 83.4 Å². The van der Waals surface area contributed by atoms with E-state index in [9.17, 15) is 18.5 Å². The van der Waals surface area contributed by atoms with Crippen molar-refractivity contribution in [2.75, 3.05) is 26.6 Å². The van der Waals surface area contributed by atoms with Gasteiger partial charge in [-0.1, -0.05) is 37.1 Å². The molecule has 4 aliphatic heterocycles. The molecule has 292 valence electrons. The topological polar surface area (TPSA) is 155 Å². The third kappa shape index (κ3) is 7.86.